The van der Waals surface area contributed by atoms with Crippen LogP contribution in [0, 0.1) is 6.92 Å². The van der Waals surface area contributed by atoms with Gasteiger partial charge in [-0.05, 0) is 48.7 Å². The highest BCUT2D eigenvalue weighted by Crippen LogP contribution is 2.11. The molecule has 0 bridgehead atoms. The Hall–Kier alpha value is -1.82. The van der Waals surface area contributed by atoms with Gasteiger partial charge in [0.2, 0.25) is 0 Å². The highest BCUT2D eigenvalue weighted by molar-refractivity contribution is 7.79. The third kappa shape index (κ3) is 4.59. The summed E-state index contributed by atoms with van der Waals surface area (Å²) >= 11 is -2.09. The molecule has 0 spiro atoms. The molecule has 0 aliphatic carbocycles. The van der Waals surface area contributed by atoms with Crippen LogP contribution in [0.15, 0.2) is 53.4 Å². The van der Waals surface area contributed by atoms with Crippen LogP contribution in [0.3, 0.4) is 0 Å². The van der Waals surface area contributed by atoms with Crippen molar-refractivity contribution >= 4 is 16.9 Å². The maximum absolute atomic E-state index is 11.4. The van der Waals surface area contributed by atoms with Crippen molar-refractivity contribution in [3.05, 3.63) is 65.2 Å². The van der Waals surface area contributed by atoms with Crippen molar-refractivity contribution in [2.75, 3.05) is 13.1 Å². The van der Waals surface area contributed by atoms with E-state index in [1.807, 2.05) is 31.2 Å². The van der Waals surface area contributed by atoms with Crippen molar-refractivity contribution in [3.63, 3.8) is 0 Å². The van der Waals surface area contributed by atoms with E-state index in [-0.39, 0.29) is 5.78 Å². The number of fused-ring (bicyclic) bond motifs is 1. The topological polar surface area (TPSA) is 69.2 Å². The van der Waals surface area contributed by atoms with Crippen molar-refractivity contribution in [2.24, 2.45) is 0 Å². The van der Waals surface area contributed by atoms with E-state index in [0.717, 1.165) is 24.1 Å². The number of aryl methyl sites for hydroxylation is 1. The van der Waals surface area contributed by atoms with E-state index in [0.29, 0.717) is 11.4 Å². The molecule has 0 aromatic heterocycles. The Morgan fingerprint density at radius 2 is 1.77 bits per heavy atom. The SMILES string of the molecule is Cc1ccc(S(=O)[O-])cc1.O=C1CNCCc2ccccc21. The molecule has 0 radical (unpaired) electrons. The molecule has 2 aromatic rings. The molecular formula is C17H18NO3S-. The van der Waals surface area contributed by atoms with Crippen molar-refractivity contribution in [1.29, 1.82) is 0 Å². The maximum atomic E-state index is 11.4. The Balaban J connectivity index is 0.000000164. The predicted octanol–water partition coefficient (Wildman–Crippen LogP) is 2.25. The molecule has 4 nitrogen and oxygen atoms in total. The van der Waals surface area contributed by atoms with Gasteiger partial charge in [0, 0.05) is 10.5 Å². The molecule has 1 aliphatic rings. The minimum absolute atomic E-state index is 0.211. The number of ketones is 1. The van der Waals surface area contributed by atoms with Crippen molar-refractivity contribution in [1.82, 2.24) is 5.32 Å². The standard InChI is InChI=1S/C10H11NO.C7H8O2S/c12-10-7-11-6-5-8-3-1-2-4-9(8)10;1-6-2-4-7(5-3-6)10(8)9/h1-4,11H,5-7H2;2-5H,1H3,(H,8,9)/p-1. The molecule has 22 heavy (non-hydrogen) atoms. The number of hydrogen-bond donors (Lipinski definition) is 1. The number of carbonyl (C=O) groups excluding carboxylic acids is 1. The second-order valence-electron chi connectivity index (χ2n) is 5.05. The maximum Gasteiger partial charge on any atom is 0.176 e. The molecule has 116 valence electrons. The van der Waals surface area contributed by atoms with Crippen molar-refractivity contribution in [2.45, 2.75) is 18.2 Å². The number of rotatable bonds is 1. The Bertz CT molecular complexity index is 668. The smallest absolute Gasteiger partial charge is 0.176 e. The van der Waals surface area contributed by atoms with E-state index in [9.17, 15) is 13.6 Å². The van der Waals surface area contributed by atoms with Gasteiger partial charge in [0.05, 0.1) is 6.54 Å². The van der Waals surface area contributed by atoms with Crippen LogP contribution < -0.4 is 5.32 Å². The Morgan fingerprint density at radius 1 is 1.09 bits per heavy atom. The predicted molar refractivity (Wildman–Crippen MR) is 85.7 cm³/mol. The lowest BCUT2D eigenvalue weighted by atomic mass is 10.0. The molecule has 1 unspecified atom stereocenters. The summed E-state index contributed by atoms with van der Waals surface area (Å²) < 4.78 is 20.6. The van der Waals surface area contributed by atoms with E-state index < -0.39 is 11.1 Å². The van der Waals surface area contributed by atoms with Crippen LogP contribution in [0.4, 0.5) is 0 Å². The minimum Gasteiger partial charge on any atom is -0.768 e. The van der Waals surface area contributed by atoms with Gasteiger partial charge in [0.25, 0.3) is 0 Å². The highest BCUT2D eigenvalue weighted by Gasteiger charge is 2.13. The second-order valence-corrected chi connectivity index (χ2v) is 6.00. The van der Waals surface area contributed by atoms with E-state index in [1.165, 1.54) is 5.56 Å². The van der Waals surface area contributed by atoms with Gasteiger partial charge in [-0.2, -0.15) is 0 Å². The zero-order valence-electron chi connectivity index (χ0n) is 12.4. The molecule has 0 saturated carbocycles. The third-order valence-electron chi connectivity index (χ3n) is 3.39. The van der Waals surface area contributed by atoms with Gasteiger partial charge in [0.15, 0.2) is 5.78 Å². The van der Waals surface area contributed by atoms with E-state index in [1.54, 1.807) is 24.3 Å². The van der Waals surface area contributed by atoms with Crippen LogP contribution in [-0.4, -0.2) is 27.6 Å². The van der Waals surface area contributed by atoms with Crippen LogP contribution >= 0.6 is 0 Å². The first-order chi connectivity index (χ1) is 10.6. The minimum atomic E-state index is -2.09. The van der Waals surface area contributed by atoms with Gasteiger partial charge in [0.1, 0.15) is 0 Å². The average molecular weight is 316 g/mol. The molecule has 1 N–H and O–H groups in total. The summed E-state index contributed by atoms with van der Waals surface area (Å²) in [6, 6.07) is 14.5. The molecular weight excluding hydrogens is 298 g/mol. The summed E-state index contributed by atoms with van der Waals surface area (Å²) in [4.78, 5) is 11.8. The fraction of sp³-hybridized carbons (Fsp3) is 0.235. The summed E-state index contributed by atoms with van der Waals surface area (Å²) in [5.74, 6) is 0.211. The lowest BCUT2D eigenvalue weighted by molar-refractivity contribution is 0.0994. The van der Waals surface area contributed by atoms with Gasteiger partial charge in [-0.15, -0.1) is 0 Å². The number of Topliss-reactive ketones (excluding diaryl/α,β-unsaturated/α-hetero) is 1. The fourth-order valence-corrected chi connectivity index (χ4v) is 2.54. The molecule has 2 aromatic carbocycles. The fourth-order valence-electron chi connectivity index (χ4n) is 2.18. The van der Waals surface area contributed by atoms with Gasteiger partial charge < -0.3 is 9.87 Å². The number of hydrogen-bond acceptors (Lipinski definition) is 4. The average Bonchev–Trinajstić information content (AvgIpc) is 2.71. The van der Waals surface area contributed by atoms with Gasteiger partial charge in [-0.25, -0.2) is 0 Å². The Morgan fingerprint density at radius 3 is 2.45 bits per heavy atom. The zero-order chi connectivity index (χ0) is 15.9. The molecule has 0 fully saturated rings. The molecule has 0 amide bonds. The molecule has 1 atom stereocenters. The normalized spacial score (nSPS) is 15.1. The Labute approximate surface area is 132 Å². The van der Waals surface area contributed by atoms with Gasteiger partial charge >= 0.3 is 0 Å². The lowest BCUT2D eigenvalue weighted by Gasteiger charge is -2.03. The van der Waals surface area contributed by atoms with Gasteiger partial charge in [-0.1, -0.05) is 42.0 Å². The van der Waals surface area contributed by atoms with E-state index in [4.69, 9.17) is 0 Å². The number of nitrogens with one attached hydrogen (secondary N) is 1. The molecule has 3 rings (SSSR count). The second kappa shape index (κ2) is 7.98. The van der Waals surface area contributed by atoms with E-state index >= 15 is 0 Å². The molecule has 1 heterocycles. The Kier molecular flexibility index (Phi) is 6.00. The van der Waals surface area contributed by atoms with Crippen LogP contribution in [0.5, 0.6) is 0 Å². The quantitative estimate of drug-likeness (QED) is 0.819. The van der Waals surface area contributed by atoms with Crippen LogP contribution in [0.2, 0.25) is 0 Å². The molecule has 5 heteroatoms. The summed E-state index contributed by atoms with van der Waals surface area (Å²) in [6.45, 7) is 3.30. The summed E-state index contributed by atoms with van der Waals surface area (Å²) in [5.41, 5.74) is 3.13. The highest BCUT2D eigenvalue weighted by atomic mass is 32.2. The first-order valence-electron chi connectivity index (χ1n) is 7.05. The largest absolute Gasteiger partial charge is 0.768 e. The third-order valence-corrected chi connectivity index (χ3v) is 4.04. The summed E-state index contributed by atoms with van der Waals surface area (Å²) in [7, 11) is 0. The summed E-state index contributed by atoms with van der Waals surface area (Å²) in [6.07, 6.45) is 0.960. The van der Waals surface area contributed by atoms with Crippen LogP contribution in [-0.2, 0) is 17.5 Å². The summed E-state index contributed by atoms with van der Waals surface area (Å²) in [5, 5.41) is 3.09. The van der Waals surface area contributed by atoms with Crippen LogP contribution in [0.25, 0.3) is 0 Å². The first kappa shape index (κ1) is 16.5. The van der Waals surface area contributed by atoms with E-state index in [2.05, 4.69) is 5.32 Å². The lowest BCUT2D eigenvalue weighted by Crippen LogP contribution is -2.21. The van der Waals surface area contributed by atoms with Crippen molar-refractivity contribution < 1.29 is 13.6 Å². The van der Waals surface area contributed by atoms with Gasteiger partial charge in [-0.3, -0.25) is 9.00 Å². The van der Waals surface area contributed by atoms with Crippen molar-refractivity contribution in [3.8, 4) is 0 Å². The zero-order valence-corrected chi connectivity index (χ0v) is 13.2. The van der Waals surface area contributed by atoms with Crippen LogP contribution in [0.1, 0.15) is 21.5 Å². The first-order valence-corrected chi connectivity index (χ1v) is 8.13. The molecule has 0 saturated heterocycles. The molecule has 1 aliphatic heterocycles. The monoisotopic (exact) mass is 316 g/mol. The number of carbonyl (C=O) groups is 1. The number of benzene rings is 2.